The van der Waals surface area contributed by atoms with E-state index in [1.807, 2.05) is 52.0 Å². The van der Waals surface area contributed by atoms with E-state index in [9.17, 15) is 4.79 Å². The highest BCUT2D eigenvalue weighted by Crippen LogP contribution is 2.42. The van der Waals surface area contributed by atoms with Gasteiger partial charge in [-0.1, -0.05) is 36.4 Å². The summed E-state index contributed by atoms with van der Waals surface area (Å²) in [5, 5.41) is 19.1. The molecule has 30 heavy (non-hydrogen) atoms. The van der Waals surface area contributed by atoms with Gasteiger partial charge < -0.3 is 4.57 Å². The van der Waals surface area contributed by atoms with Crippen molar-refractivity contribution in [3.8, 4) is 5.69 Å². The molecule has 0 aliphatic carbocycles. The van der Waals surface area contributed by atoms with Crippen molar-refractivity contribution in [1.29, 1.82) is 5.41 Å². The minimum absolute atomic E-state index is 0.0769. The predicted octanol–water partition coefficient (Wildman–Crippen LogP) is 5.89. The van der Waals surface area contributed by atoms with Gasteiger partial charge in [0.05, 0.1) is 9.95 Å². The molecule has 3 aromatic rings. The lowest BCUT2D eigenvalue weighted by atomic mass is 10.1. The molecule has 0 amide bonds. The monoisotopic (exact) mass is 456 g/mol. The van der Waals surface area contributed by atoms with E-state index in [0.717, 1.165) is 44.7 Å². The number of hydrogen-bond acceptors (Lipinski definition) is 6. The van der Waals surface area contributed by atoms with Crippen LogP contribution in [-0.2, 0) is 11.2 Å². The topological polar surface area (TPSA) is 71.6 Å². The summed E-state index contributed by atoms with van der Waals surface area (Å²) in [4.78, 5) is 13.6. The molecule has 5 nitrogen and oxygen atoms in total. The van der Waals surface area contributed by atoms with Crippen LogP contribution in [0, 0.1) is 26.2 Å². The van der Waals surface area contributed by atoms with Gasteiger partial charge in [0, 0.05) is 22.1 Å². The van der Waals surface area contributed by atoms with Gasteiger partial charge in [0.25, 0.3) is 0 Å². The molecule has 0 unspecified atom stereocenters. The van der Waals surface area contributed by atoms with Crippen molar-refractivity contribution in [2.75, 3.05) is 0 Å². The lowest BCUT2D eigenvalue weighted by molar-refractivity contribution is -0.114. The molecule has 1 aromatic carbocycles. The number of halogens is 1. The number of ketones is 1. The third kappa shape index (κ3) is 3.66. The molecule has 1 aliphatic rings. The maximum absolute atomic E-state index is 13.1. The van der Waals surface area contributed by atoms with Crippen molar-refractivity contribution in [3.63, 3.8) is 0 Å². The van der Waals surface area contributed by atoms with Crippen LogP contribution in [0.5, 0.6) is 0 Å². The average Bonchev–Trinajstić information content (AvgIpc) is 3.35. The first-order valence-corrected chi connectivity index (χ1v) is 11.6. The van der Waals surface area contributed by atoms with E-state index in [4.69, 9.17) is 17.0 Å². The molecule has 0 bridgehead atoms. The minimum Gasteiger partial charge on any atom is -0.318 e. The fraction of sp³-hybridized carbons (Fsp3) is 0.273. The van der Waals surface area contributed by atoms with Gasteiger partial charge >= 0.3 is 0 Å². The molecule has 0 radical (unpaired) electrons. The maximum atomic E-state index is 13.1. The summed E-state index contributed by atoms with van der Waals surface area (Å²) >= 11 is 8.96. The summed E-state index contributed by atoms with van der Waals surface area (Å²) in [6.07, 6.45) is 2.66. The third-order valence-electron chi connectivity index (χ3n) is 5.19. The molecule has 2 aromatic heterocycles. The van der Waals surface area contributed by atoms with Crippen molar-refractivity contribution in [1.82, 2.24) is 14.8 Å². The van der Waals surface area contributed by atoms with E-state index in [1.165, 1.54) is 23.1 Å². The van der Waals surface area contributed by atoms with Gasteiger partial charge in [0.15, 0.2) is 5.78 Å². The highest BCUT2D eigenvalue weighted by atomic mass is 35.5. The summed E-state index contributed by atoms with van der Waals surface area (Å²) in [5.41, 5.74) is 5.05. The number of nitrogens with zero attached hydrogens (tertiary/aromatic N) is 3. The second-order valence-corrected chi connectivity index (χ2v) is 9.84. The van der Waals surface area contributed by atoms with Gasteiger partial charge in [-0.2, -0.15) is 0 Å². The Morgan fingerprint density at radius 2 is 2.00 bits per heavy atom. The number of aryl methyl sites for hydroxylation is 3. The number of thioether (sulfide) groups is 1. The number of nitrogens with one attached hydrogen (secondary N) is 1. The number of carbonyl (C=O) groups excluding carboxylic acids is 1. The van der Waals surface area contributed by atoms with Gasteiger partial charge in [0.2, 0.25) is 0 Å². The first-order valence-electron chi connectivity index (χ1n) is 9.60. The van der Waals surface area contributed by atoms with Gasteiger partial charge in [-0.25, -0.2) is 0 Å². The molecule has 8 heteroatoms. The molecule has 0 saturated carbocycles. The van der Waals surface area contributed by atoms with Crippen molar-refractivity contribution >= 4 is 51.6 Å². The largest absolute Gasteiger partial charge is 0.318 e. The number of allylic oxidation sites excluding steroid dienone is 1. The van der Waals surface area contributed by atoms with Crippen LogP contribution in [0.25, 0.3) is 11.8 Å². The van der Waals surface area contributed by atoms with Crippen molar-refractivity contribution in [2.45, 2.75) is 40.0 Å². The molecule has 1 atom stereocenters. The first kappa shape index (κ1) is 21.0. The van der Waals surface area contributed by atoms with Gasteiger partial charge in [0.1, 0.15) is 15.9 Å². The van der Waals surface area contributed by atoms with Crippen molar-refractivity contribution < 1.29 is 4.79 Å². The maximum Gasteiger partial charge on any atom is 0.186 e. The molecular formula is C22H21ClN4OS2. The number of carbonyl (C=O) groups is 1. The van der Waals surface area contributed by atoms with Crippen LogP contribution >= 0.6 is 34.7 Å². The normalized spacial score (nSPS) is 18.0. The zero-order valence-electron chi connectivity index (χ0n) is 17.1. The number of rotatable bonds is 4. The molecule has 1 aliphatic heterocycles. The molecule has 4 rings (SSSR count). The average molecular weight is 457 g/mol. The van der Waals surface area contributed by atoms with E-state index < -0.39 is 5.92 Å². The Morgan fingerprint density at radius 3 is 2.67 bits per heavy atom. The molecule has 1 saturated heterocycles. The van der Waals surface area contributed by atoms with Crippen LogP contribution in [0.4, 0.5) is 0 Å². The lowest BCUT2D eigenvalue weighted by Gasteiger charge is -2.11. The number of benzene rings is 1. The second kappa shape index (κ2) is 8.13. The molecule has 0 spiro atoms. The summed E-state index contributed by atoms with van der Waals surface area (Å²) in [6, 6.07) is 8.06. The van der Waals surface area contributed by atoms with Gasteiger partial charge in [-0.05, 0) is 62.6 Å². The van der Waals surface area contributed by atoms with E-state index in [2.05, 4.69) is 20.8 Å². The smallest absolute Gasteiger partial charge is 0.186 e. The summed E-state index contributed by atoms with van der Waals surface area (Å²) in [7, 11) is 0. The minimum atomic E-state index is -0.626. The number of aromatic nitrogens is 3. The molecule has 1 fully saturated rings. The van der Waals surface area contributed by atoms with Gasteiger partial charge in [-0.15, -0.1) is 21.5 Å². The molecular weight excluding hydrogens is 436 g/mol. The Bertz CT molecular complexity index is 1210. The standard InChI is InChI=1S/C22H21ClN4OS2/c1-5-18-25-26-22(30-18)19-20(28)17(29-21(19)24)9-14-8-12(3)27(13(14)4)15-7-6-11(2)16(23)10-15/h6-10,19,24H,5H2,1-4H3/b17-9-,24-21?/t19-/m0/s1. The van der Waals surface area contributed by atoms with Crippen LogP contribution in [-0.4, -0.2) is 25.6 Å². The zero-order chi connectivity index (χ0) is 21.6. The highest BCUT2D eigenvalue weighted by molar-refractivity contribution is 8.19. The fourth-order valence-electron chi connectivity index (χ4n) is 3.53. The van der Waals surface area contributed by atoms with Gasteiger partial charge in [-0.3, -0.25) is 10.2 Å². The Labute approximate surface area is 188 Å². The van der Waals surface area contributed by atoms with Crippen LogP contribution in [0.15, 0.2) is 29.2 Å². The lowest BCUT2D eigenvalue weighted by Crippen LogP contribution is -2.11. The number of hydrogen-bond donors (Lipinski definition) is 1. The quantitative estimate of drug-likeness (QED) is 0.497. The summed E-state index contributed by atoms with van der Waals surface area (Å²) < 4.78 is 2.13. The second-order valence-electron chi connectivity index (χ2n) is 7.26. The van der Waals surface area contributed by atoms with Crippen LogP contribution in [0.1, 0.15) is 45.4 Å². The van der Waals surface area contributed by atoms with Crippen molar-refractivity contribution in [2.24, 2.45) is 0 Å². The molecule has 1 N–H and O–H groups in total. The van der Waals surface area contributed by atoms with E-state index in [1.54, 1.807) is 0 Å². The summed E-state index contributed by atoms with van der Waals surface area (Å²) in [6.45, 7) is 8.04. The Balaban J connectivity index is 1.69. The Hall–Kier alpha value is -2.22. The van der Waals surface area contributed by atoms with E-state index in [-0.39, 0.29) is 5.78 Å². The number of Topliss-reactive ketones (excluding diaryl/α,β-unsaturated/α-hetero) is 1. The Kier molecular flexibility index (Phi) is 5.70. The third-order valence-corrected chi connectivity index (χ3v) is 7.72. The van der Waals surface area contributed by atoms with Crippen LogP contribution < -0.4 is 0 Å². The SMILES string of the molecule is CCc1nnc([C@@H]2C(=N)S/C(=C\c3cc(C)n(-c4ccc(C)c(Cl)c4)c3C)C2=O)s1. The van der Waals surface area contributed by atoms with E-state index in [0.29, 0.717) is 15.0 Å². The highest BCUT2D eigenvalue weighted by Gasteiger charge is 2.39. The Morgan fingerprint density at radius 1 is 1.23 bits per heavy atom. The first-order chi connectivity index (χ1) is 14.3. The van der Waals surface area contributed by atoms with Crippen LogP contribution in [0.2, 0.25) is 5.02 Å². The summed E-state index contributed by atoms with van der Waals surface area (Å²) in [5.74, 6) is -0.703. The molecule has 154 valence electrons. The fourth-order valence-corrected chi connectivity index (χ4v) is 5.65. The van der Waals surface area contributed by atoms with Crippen LogP contribution in [0.3, 0.4) is 0 Å². The van der Waals surface area contributed by atoms with E-state index >= 15 is 0 Å². The van der Waals surface area contributed by atoms with Crippen molar-refractivity contribution in [3.05, 3.63) is 66.7 Å². The predicted molar refractivity (Wildman–Crippen MR) is 125 cm³/mol. The zero-order valence-corrected chi connectivity index (χ0v) is 19.5. The molecule has 3 heterocycles.